The summed E-state index contributed by atoms with van der Waals surface area (Å²) in [5.74, 6) is 0.457. The van der Waals surface area contributed by atoms with Crippen molar-refractivity contribution in [3.8, 4) is 11.1 Å². The topological polar surface area (TPSA) is 71.7 Å². The number of halogens is 1. The molecule has 0 spiro atoms. The Morgan fingerprint density at radius 3 is 2.77 bits per heavy atom. The van der Waals surface area contributed by atoms with Gasteiger partial charge in [-0.25, -0.2) is 14.2 Å². The van der Waals surface area contributed by atoms with Gasteiger partial charge in [-0.05, 0) is 87.2 Å². The van der Waals surface area contributed by atoms with Crippen LogP contribution in [-0.4, -0.2) is 48.3 Å². The SMILES string of the molecule is Cc1cccc(F)c1-c1cc(N2CCC[C@@H](CN(C)C(=O)OC(C)(C)C)C2)cc2cnc(N)cc12. The summed E-state index contributed by atoms with van der Waals surface area (Å²) >= 11 is 0. The van der Waals surface area contributed by atoms with Crippen molar-refractivity contribution in [2.75, 3.05) is 37.3 Å². The van der Waals surface area contributed by atoms with E-state index in [-0.39, 0.29) is 11.9 Å². The largest absolute Gasteiger partial charge is 0.444 e. The van der Waals surface area contributed by atoms with Crippen LogP contribution >= 0.6 is 0 Å². The van der Waals surface area contributed by atoms with Gasteiger partial charge in [0.25, 0.3) is 0 Å². The minimum Gasteiger partial charge on any atom is -0.444 e. The number of benzene rings is 2. The smallest absolute Gasteiger partial charge is 0.410 e. The molecule has 0 saturated carbocycles. The van der Waals surface area contributed by atoms with E-state index in [9.17, 15) is 4.79 Å². The van der Waals surface area contributed by atoms with E-state index in [1.807, 2.05) is 39.8 Å². The van der Waals surface area contributed by atoms with Crippen LogP contribution in [0.1, 0.15) is 39.2 Å². The number of aryl methyl sites for hydroxylation is 1. The Bertz CT molecular complexity index is 1220. The molecule has 0 bridgehead atoms. The van der Waals surface area contributed by atoms with Crippen LogP contribution < -0.4 is 10.6 Å². The molecule has 1 aliphatic rings. The van der Waals surface area contributed by atoms with E-state index in [0.29, 0.717) is 23.8 Å². The summed E-state index contributed by atoms with van der Waals surface area (Å²) in [5, 5.41) is 1.80. The zero-order chi connectivity index (χ0) is 25.3. The summed E-state index contributed by atoms with van der Waals surface area (Å²) in [6.07, 6.45) is 3.50. The molecule has 1 amide bonds. The average molecular weight is 479 g/mol. The molecular weight excluding hydrogens is 443 g/mol. The number of nitrogens with two attached hydrogens (primary N) is 1. The lowest BCUT2D eigenvalue weighted by atomic mass is 9.93. The monoisotopic (exact) mass is 478 g/mol. The van der Waals surface area contributed by atoms with Crippen LogP contribution in [0.15, 0.2) is 42.6 Å². The Balaban J connectivity index is 1.65. The van der Waals surface area contributed by atoms with Crippen LogP contribution in [-0.2, 0) is 4.74 Å². The zero-order valence-electron chi connectivity index (χ0n) is 21.3. The van der Waals surface area contributed by atoms with Gasteiger partial charge in [-0.1, -0.05) is 12.1 Å². The second kappa shape index (κ2) is 9.72. The van der Waals surface area contributed by atoms with Crippen LogP contribution in [0.3, 0.4) is 0 Å². The van der Waals surface area contributed by atoms with E-state index < -0.39 is 5.60 Å². The molecule has 1 fully saturated rings. The molecular formula is C28H35FN4O2. The third-order valence-corrected chi connectivity index (χ3v) is 6.45. The molecule has 6 nitrogen and oxygen atoms in total. The quantitative estimate of drug-likeness (QED) is 0.497. The van der Waals surface area contributed by atoms with E-state index in [0.717, 1.165) is 53.5 Å². The fraction of sp³-hybridized carbons (Fsp3) is 0.429. The molecule has 1 atom stereocenters. The summed E-state index contributed by atoms with van der Waals surface area (Å²) < 4.78 is 20.5. The van der Waals surface area contributed by atoms with Gasteiger partial charge in [0.2, 0.25) is 0 Å². The van der Waals surface area contributed by atoms with Crippen LogP contribution in [0, 0.1) is 18.7 Å². The van der Waals surface area contributed by atoms with Gasteiger partial charge >= 0.3 is 6.09 Å². The molecule has 2 aromatic carbocycles. The number of carbonyl (C=O) groups excluding carboxylic acids is 1. The summed E-state index contributed by atoms with van der Waals surface area (Å²) in [5.41, 5.74) is 8.77. The van der Waals surface area contributed by atoms with Crippen LogP contribution in [0.4, 0.5) is 20.7 Å². The van der Waals surface area contributed by atoms with Crippen LogP contribution in [0.25, 0.3) is 21.9 Å². The maximum absolute atomic E-state index is 15.0. The highest BCUT2D eigenvalue weighted by Crippen LogP contribution is 2.38. The van der Waals surface area contributed by atoms with Crippen molar-refractivity contribution in [2.24, 2.45) is 5.92 Å². The van der Waals surface area contributed by atoms with Gasteiger partial charge < -0.3 is 20.3 Å². The molecule has 0 unspecified atom stereocenters. The minimum absolute atomic E-state index is 0.255. The number of pyridine rings is 1. The summed E-state index contributed by atoms with van der Waals surface area (Å²) in [4.78, 5) is 20.7. The Morgan fingerprint density at radius 1 is 1.29 bits per heavy atom. The second-order valence-electron chi connectivity index (χ2n) is 10.6. The van der Waals surface area contributed by atoms with Gasteiger partial charge in [-0.2, -0.15) is 0 Å². The van der Waals surface area contributed by atoms with E-state index in [2.05, 4.69) is 22.0 Å². The van der Waals surface area contributed by atoms with Crippen molar-refractivity contribution >= 4 is 28.4 Å². The minimum atomic E-state index is -0.520. The van der Waals surface area contributed by atoms with Crippen molar-refractivity contribution in [3.63, 3.8) is 0 Å². The van der Waals surface area contributed by atoms with Gasteiger partial charge in [-0.15, -0.1) is 0 Å². The lowest BCUT2D eigenvalue weighted by molar-refractivity contribution is 0.0269. The van der Waals surface area contributed by atoms with Gasteiger partial charge in [0.1, 0.15) is 17.2 Å². The summed E-state index contributed by atoms with van der Waals surface area (Å²) in [6.45, 7) is 9.86. The van der Waals surface area contributed by atoms with Crippen LogP contribution in [0.5, 0.6) is 0 Å². The van der Waals surface area contributed by atoms with Gasteiger partial charge in [0.15, 0.2) is 0 Å². The summed E-state index contributed by atoms with van der Waals surface area (Å²) in [6, 6.07) is 11.1. The molecule has 3 aromatic rings. The highest BCUT2D eigenvalue weighted by atomic mass is 19.1. The van der Waals surface area contributed by atoms with Crippen molar-refractivity contribution < 1.29 is 13.9 Å². The van der Waals surface area contributed by atoms with Gasteiger partial charge in [0.05, 0.1) is 0 Å². The lowest BCUT2D eigenvalue weighted by Crippen LogP contribution is -2.43. The van der Waals surface area contributed by atoms with E-state index in [1.54, 1.807) is 24.2 Å². The number of aromatic nitrogens is 1. The first-order valence-corrected chi connectivity index (χ1v) is 12.2. The van der Waals surface area contributed by atoms with Gasteiger partial charge in [-0.3, -0.25) is 0 Å². The van der Waals surface area contributed by atoms with E-state index in [1.165, 1.54) is 6.07 Å². The Kier molecular flexibility index (Phi) is 6.88. The number of amides is 1. The number of hydrogen-bond donors (Lipinski definition) is 1. The van der Waals surface area contributed by atoms with Crippen molar-refractivity contribution in [1.29, 1.82) is 0 Å². The van der Waals surface area contributed by atoms with Gasteiger partial charge in [0, 0.05) is 49.5 Å². The fourth-order valence-corrected chi connectivity index (χ4v) is 4.87. The molecule has 1 aliphatic heterocycles. The maximum Gasteiger partial charge on any atom is 0.410 e. The van der Waals surface area contributed by atoms with E-state index in [4.69, 9.17) is 10.5 Å². The third-order valence-electron chi connectivity index (χ3n) is 6.45. The third kappa shape index (κ3) is 5.66. The predicted molar refractivity (Wildman–Crippen MR) is 140 cm³/mol. The number of nitrogens with zero attached hydrogens (tertiary/aromatic N) is 3. The maximum atomic E-state index is 15.0. The normalized spacial score (nSPS) is 16.4. The number of piperidine rings is 1. The first kappa shape index (κ1) is 24.8. The standard InChI is InChI=1S/C28H35FN4O2/c1-18-8-6-10-24(29)26(18)23-13-21(12-20-15-31-25(30)14-22(20)23)33-11-7-9-19(17-33)16-32(5)27(34)35-28(2,3)4/h6,8,10,12-15,19H,7,9,11,16-17H2,1-5H3,(H2,30,31)/t19-/m0/s1. The molecule has 1 saturated heterocycles. The van der Waals surface area contributed by atoms with Crippen molar-refractivity contribution in [3.05, 3.63) is 54.0 Å². The molecule has 7 heteroatoms. The molecule has 35 heavy (non-hydrogen) atoms. The average Bonchev–Trinajstić information content (AvgIpc) is 2.78. The predicted octanol–water partition coefficient (Wildman–Crippen LogP) is 6.01. The van der Waals surface area contributed by atoms with Crippen molar-refractivity contribution in [1.82, 2.24) is 9.88 Å². The number of carbonyl (C=O) groups is 1. The second-order valence-corrected chi connectivity index (χ2v) is 10.6. The number of ether oxygens (including phenoxy) is 1. The summed E-state index contributed by atoms with van der Waals surface area (Å²) in [7, 11) is 1.79. The Hall–Kier alpha value is -3.35. The number of rotatable bonds is 4. The molecule has 0 aliphatic carbocycles. The molecule has 1 aromatic heterocycles. The van der Waals surface area contributed by atoms with Crippen molar-refractivity contribution in [2.45, 2.75) is 46.1 Å². The highest BCUT2D eigenvalue weighted by Gasteiger charge is 2.26. The Labute approximate surface area is 206 Å². The van der Waals surface area contributed by atoms with Crippen LogP contribution in [0.2, 0.25) is 0 Å². The number of hydrogen-bond acceptors (Lipinski definition) is 5. The molecule has 4 rings (SSSR count). The number of nitrogen functional groups attached to an aromatic ring is 1. The Morgan fingerprint density at radius 2 is 2.06 bits per heavy atom. The molecule has 186 valence electrons. The first-order chi connectivity index (χ1) is 16.5. The highest BCUT2D eigenvalue weighted by molar-refractivity contribution is 6.00. The zero-order valence-corrected chi connectivity index (χ0v) is 21.3. The van der Waals surface area contributed by atoms with E-state index >= 15 is 4.39 Å². The number of fused-ring (bicyclic) bond motifs is 1. The lowest BCUT2D eigenvalue weighted by Gasteiger charge is -2.36. The fourth-order valence-electron chi connectivity index (χ4n) is 4.87. The molecule has 2 N–H and O–H groups in total. The number of anilines is 2. The molecule has 0 radical (unpaired) electrons. The molecule has 2 heterocycles. The first-order valence-electron chi connectivity index (χ1n) is 12.2.